The molecule has 0 fully saturated rings. The Morgan fingerprint density at radius 1 is 1.38 bits per heavy atom. The molecule has 16 heavy (non-hydrogen) atoms. The minimum absolute atomic E-state index is 0. The smallest absolute Gasteiger partial charge is 0.337 e. The molecule has 0 unspecified atom stereocenters. The van der Waals surface area contributed by atoms with Gasteiger partial charge in [0.2, 0.25) is 0 Å². The van der Waals surface area contributed by atoms with Gasteiger partial charge in [0.25, 0.3) is 0 Å². The molecule has 0 aromatic heterocycles. The highest BCUT2D eigenvalue weighted by Gasteiger charge is 2.18. The lowest BCUT2D eigenvalue weighted by Crippen LogP contribution is -2.05. The quantitative estimate of drug-likeness (QED) is 0.904. The molecule has 4 nitrogen and oxygen atoms in total. The van der Waals surface area contributed by atoms with Gasteiger partial charge in [-0.3, -0.25) is 0 Å². The first-order valence-electron chi connectivity index (χ1n) is 3.97. The summed E-state index contributed by atoms with van der Waals surface area (Å²) >= 11 is 5.75. The second-order valence-corrected chi connectivity index (χ2v) is 5.49. The Labute approximate surface area is 105 Å². The molecular weight excluding hydrogens is 275 g/mol. The molecule has 1 N–H and O–H groups in total. The Hall–Kier alpha value is -0.780. The minimum atomic E-state index is -3.38. The van der Waals surface area contributed by atoms with Gasteiger partial charge >= 0.3 is 5.97 Å². The van der Waals surface area contributed by atoms with Crippen LogP contribution in [0.15, 0.2) is 17.0 Å². The van der Waals surface area contributed by atoms with E-state index in [2.05, 4.69) is 0 Å². The van der Waals surface area contributed by atoms with Crippen molar-refractivity contribution in [1.29, 1.82) is 0 Å². The Morgan fingerprint density at radius 2 is 1.88 bits per heavy atom. The van der Waals surface area contributed by atoms with E-state index >= 15 is 0 Å². The second-order valence-electron chi connectivity index (χ2n) is 3.13. The van der Waals surface area contributed by atoms with Crippen molar-refractivity contribution >= 4 is 39.8 Å². The molecule has 0 atom stereocenters. The van der Waals surface area contributed by atoms with Gasteiger partial charge in [0.05, 0.1) is 15.5 Å². The Morgan fingerprint density at radius 3 is 2.25 bits per heavy atom. The van der Waals surface area contributed by atoms with Crippen molar-refractivity contribution in [3.05, 3.63) is 28.3 Å². The third-order valence-corrected chi connectivity index (χ3v) is 3.69. The van der Waals surface area contributed by atoms with E-state index in [1.54, 1.807) is 0 Å². The summed E-state index contributed by atoms with van der Waals surface area (Å²) in [5, 5.41) is 8.71. The highest BCUT2D eigenvalue weighted by atomic mass is 35.5. The maximum absolute atomic E-state index is 11.3. The van der Waals surface area contributed by atoms with E-state index in [0.29, 0.717) is 0 Å². The van der Waals surface area contributed by atoms with Gasteiger partial charge in [0, 0.05) is 6.26 Å². The number of hydrogen-bond donors (Lipinski definition) is 1. The van der Waals surface area contributed by atoms with Crippen LogP contribution in [0.4, 0.5) is 0 Å². The topological polar surface area (TPSA) is 71.4 Å². The molecule has 0 bridgehead atoms. The maximum atomic E-state index is 11.3. The van der Waals surface area contributed by atoms with Gasteiger partial charge in [-0.15, -0.1) is 12.4 Å². The standard InChI is InChI=1S/C9H9ClO4S.ClH/c1-5-7(15(2,13)14)4-3-6(8(5)10)9(11)12;/h3-4H,1-2H3,(H,11,12);1H. The normalized spacial score (nSPS) is 10.7. The summed E-state index contributed by atoms with van der Waals surface area (Å²) in [7, 11) is -3.38. The summed E-state index contributed by atoms with van der Waals surface area (Å²) in [6.07, 6.45) is 1.05. The van der Waals surface area contributed by atoms with E-state index in [0.717, 1.165) is 6.26 Å². The monoisotopic (exact) mass is 284 g/mol. The van der Waals surface area contributed by atoms with Crippen LogP contribution in [0.3, 0.4) is 0 Å². The van der Waals surface area contributed by atoms with E-state index in [4.69, 9.17) is 16.7 Å². The number of hydrogen-bond acceptors (Lipinski definition) is 3. The van der Waals surface area contributed by atoms with Crippen LogP contribution in [0, 0.1) is 6.92 Å². The molecule has 1 rings (SSSR count). The maximum Gasteiger partial charge on any atom is 0.337 e. The Kier molecular flexibility index (Phi) is 4.79. The first-order chi connectivity index (χ1) is 6.75. The predicted molar refractivity (Wildman–Crippen MR) is 63.5 cm³/mol. The summed E-state index contributed by atoms with van der Waals surface area (Å²) in [5.41, 5.74) is 0.167. The van der Waals surface area contributed by atoms with Crippen LogP contribution in [-0.2, 0) is 9.84 Å². The number of halogens is 2. The van der Waals surface area contributed by atoms with Crippen molar-refractivity contribution in [2.45, 2.75) is 11.8 Å². The largest absolute Gasteiger partial charge is 0.478 e. The summed E-state index contributed by atoms with van der Waals surface area (Å²) in [4.78, 5) is 10.8. The van der Waals surface area contributed by atoms with Gasteiger partial charge in [0.1, 0.15) is 0 Å². The van der Waals surface area contributed by atoms with Crippen LogP contribution >= 0.6 is 24.0 Å². The number of carbonyl (C=O) groups is 1. The average Bonchev–Trinajstić information content (AvgIpc) is 2.06. The molecule has 0 saturated carbocycles. The third-order valence-electron chi connectivity index (χ3n) is 1.97. The summed E-state index contributed by atoms with van der Waals surface area (Å²) < 4.78 is 22.6. The molecular formula is C9H10Cl2O4S. The fourth-order valence-corrected chi connectivity index (χ4v) is 2.51. The number of aromatic carboxylic acids is 1. The van der Waals surface area contributed by atoms with Crippen molar-refractivity contribution in [3.8, 4) is 0 Å². The van der Waals surface area contributed by atoms with E-state index in [9.17, 15) is 13.2 Å². The van der Waals surface area contributed by atoms with Gasteiger partial charge in [-0.05, 0) is 24.6 Å². The molecule has 7 heteroatoms. The number of carboxylic acids is 1. The van der Waals surface area contributed by atoms with E-state index < -0.39 is 15.8 Å². The molecule has 0 saturated heterocycles. The van der Waals surface area contributed by atoms with Crippen molar-refractivity contribution in [1.82, 2.24) is 0 Å². The second kappa shape index (κ2) is 5.03. The summed E-state index contributed by atoms with van der Waals surface area (Å²) in [6.45, 7) is 1.48. The molecule has 1 aromatic rings. The fraction of sp³-hybridized carbons (Fsp3) is 0.222. The highest BCUT2D eigenvalue weighted by Crippen LogP contribution is 2.26. The summed E-state index contributed by atoms with van der Waals surface area (Å²) in [6, 6.07) is 2.44. The molecule has 0 spiro atoms. The van der Waals surface area contributed by atoms with Gasteiger partial charge in [0.15, 0.2) is 9.84 Å². The molecule has 0 heterocycles. The number of carboxylic acid groups (broad SMARTS) is 1. The Balaban J connectivity index is 0.00000225. The van der Waals surface area contributed by atoms with E-state index in [-0.39, 0.29) is 33.5 Å². The number of sulfone groups is 1. The van der Waals surface area contributed by atoms with Gasteiger partial charge in [-0.1, -0.05) is 11.6 Å². The molecule has 0 aliphatic rings. The molecule has 90 valence electrons. The zero-order valence-corrected chi connectivity index (χ0v) is 10.9. The van der Waals surface area contributed by atoms with Crippen LogP contribution in [0.25, 0.3) is 0 Å². The van der Waals surface area contributed by atoms with E-state index in [1.165, 1.54) is 19.1 Å². The molecule has 0 amide bonds. The first-order valence-corrected chi connectivity index (χ1v) is 6.24. The van der Waals surface area contributed by atoms with Crippen molar-refractivity contribution < 1.29 is 18.3 Å². The Bertz CT molecular complexity index is 523. The summed E-state index contributed by atoms with van der Waals surface area (Å²) in [5.74, 6) is -1.18. The molecule has 0 aliphatic carbocycles. The lowest BCUT2D eigenvalue weighted by Gasteiger charge is -2.07. The minimum Gasteiger partial charge on any atom is -0.478 e. The van der Waals surface area contributed by atoms with Crippen LogP contribution < -0.4 is 0 Å². The molecule has 0 aliphatic heterocycles. The highest BCUT2D eigenvalue weighted by molar-refractivity contribution is 7.90. The zero-order chi connectivity index (χ0) is 11.8. The number of rotatable bonds is 2. The van der Waals surface area contributed by atoms with Crippen molar-refractivity contribution in [2.24, 2.45) is 0 Å². The molecule has 1 aromatic carbocycles. The fourth-order valence-electron chi connectivity index (χ4n) is 1.23. The molecule has 0 radical (unpaired) electrons. The van der Waals surface area contributed by atoms with Gasteiger partial charge < -0.3 is 5.11 Å². The van der Waals surface area contributed by atoms with Gasteiger partial charge in [-0.2, -0.15) is 0 Å². The van der Waals surface area contributed by atoms with Gasteiger partial charge in [-0.25, -0.2) is 13.2 Å². The van der Waals surface area contributed by atoms with Crippen molar-refractivity contribution in [3.63, 3.8) is 0 Å². The van der Waals surface area contributed by atoms with Crippen LogP contribution in [0.1, 0.15) is 15.9 Å². The zero-order valence-electron chi connectivity index (χ0n) is 8.52. The SMILES string of the molecule is Cc1c(S(C)(=O)=O)ccc(C(=O)O)c1Cl.Cl. The van der Waals surface area contributed by atoms with Crippen LogP contribution in [0.5, 0.6) is 0 Å². The number of benzene rings is 1. The predicted octanol–water partition coefficient (Wildman–Crippen LogP) is 2.17. The first kappa shape index (κ1) is 15.2. The average molecular weight is 285 g/mol. The third kappa shape index (κ3) is 2.87. The van der Waals surface area contributed by atoms with Crippen LogP contribution in [-0.4, -0.2) is 25.7 Å². The van der Waals surface area contributed by atoms with Crippen molar-refractivity contribution in [2.75, 3.05) is 6.26 Å². The van der Waals surface area contributed by atoms with Crippen LogP contribution in [0.2, 0.25) is 5.02 Å². The van der Waals surface area contributed by atoms with E-state index in [1.807, 2.05) is 0 Å². The lowest BCUT2D eigenvalue weighted by atomic mass is 10.1. The lowest BCUT2D eigenvalue weighted by molar-refractivity contribution is 0.0697.